The maximum atomic E-state index is 5.87. The average molecular weight is 343 g/mol. The number of nitrogens with two attached hydrogens (primary N) is 1. The number of likely N-dealkylation sites (tertiary alicyclic amines) is 1. The van der Waals surface area contributed by atoms with Crippen molar-refractivity contribution in [3.05, 3.63) is 28.7 Å². The summed E-state index contributed by atoms with van der Waals surface area (Å²) in [7, 11) is 1.78. The zero-order chi connectivity index (χ0) is 14.4. The summed E-state index contributed by atoms with van der Waals surface area (Å²) in [4.78, 5) is 2.41. The molecule has 1 heterocycles. The number of nitrogens with zero attached hydrogens (tertiary/aromatic N) is 1. The lowest BCUT2D eigenvalue weighted by atomic mass is 9.99. The Hall–Kier alpha value is -0.620. The summed E-state index contributed by atoms with van der Waals surface area (Å²) < 4.78 is 12.3. The number of hydrogen-bond acceptors (Lipinski definition) is 4. The second-order valence-electron chi connectivity index (χ2n) is 5.11. The molecule has 2 unspecified atom stereocenters. The second-order valence-corrected chi connectivity index (χ2v) is 6.03. The quantitative estimate of drug-likeness (QED) is 0.861. The smallest absolute Gasteiger partial charge is 0.120 e. The topological polar surface area (TPSA) is 47.7 Å². The van der Waals surface area contributed by atoms with Gasteiger partial charge < -0.3 is 15.2 Å². The van der Waals surface area contributed by atoms with Crippen molar-refractivity contribution in [1.29, 1.82) is 0 Å². The van der Waals surface area contributed by atoms with E-state index in [9.17, 15) is 0 Å². The Bertz CT molecular complexity index is 417. The van der Waals surface area contributed by atoms with Crippen LogP contribution in [0.1, 0.15) is 12.8 Å². The van der Waals surface area contributed by atoms with Crippen LogP contribution < -0.4 is 10.5 Å². The summed E-state index contributed by atoms with van der Waals surface area (Å²) in [6.07, 6.45) is 2.44. The Kier molecular flexibility index (Phi) is 6.29. The van der Waals surface area contributed by atoms with E-state index in [-0.39, 0.29) is 0 Å². The van der Waals surface area contributed by atoms with E-state index >= 15 is 0 Å². The lowest BCUT2D eigenvalue weighted by molar-refractivity contribution is 0.00923. The zero-order valence-electron chi connectivity index (χ0n) is 11.9. The highest BCUT2D eigenvalue weighted by Crippen LogP contribution is 2.20. The number of hydrogen-bond donors (Lipinski definition) is 1. The van der Waals surface area contributed by atoms with Gasteiger partial charge in [-0.2, -0.15) is 0 Å². The predicted molar refractivity (Wildman–Crippen MR) is 84.1 cm³/mol. The summed E-state index contributed by atoms with van der Waals surface area (Å²) in [6.45, 7) is 3.30. The minimum Gasteiger partial charge on any atom is -0.492 e. The molecule has 2 rings (SSSR count). The first kappa shape index (κ1) is 15.8. The highest BCUT2D eigenvalue weighted by atomic mass is 79.9. The van der Waals surface area contributed by atoms with E-state index in [0.717, 1.165) is 36.2 Å². The molecular formula is C15H23BrN2O2. The van der Waals surface area contributed by atoms with Gasteiger partial charge in [0.1, 0.15) is 12.4 Å². The van der Waals surface area contributed by atoms with Gasteiger partial charge in [-0.1, -0.05) is 22.0 Å². The number of methoxy groups -OCH3 is 1. The highest BCUT2D eigenvalue weighted by Gasteiger charge is 2.27. The molecule has 1 fully saturated rings. The normalized spacial score (nSPS) is 23.8. The van der Waals surface area contributed by atoms with E-state index in [4.69, 9.17) is 15.2 Å². The van der Waals surface area contributed by atoms with Gasteiger partial charge in [0.2, 0.25) is 0 Å². The molecule has 4 nitrogen and oxygen atoms in total. The van der Waals surface area contributed by atoms with E-state index in [2.05, 4.69) is 20.8 Å². The van der Waals surface area contributed by atoms with Gasteiger partial charge in [-0.15, -0.1) is 0 Å². The fourth-order valence-corrected chi connectivity index (χ4v) is 3.03. The molecule has 0 saturated carbocycles. The van der Waals surface area contributed by atoms with Gasteiger partial charge in [-0.05, 0) is 31.0 Å². The molecule has 2 atom stereocenters. The third-order valence-electron chi connectivity index (χ3n) is 3.84. The van der Waals surface area contributed by atoms with Gasteiger partial charge >= 0.3 is 0 Å². The maximum absolute atomic E-state index is 5.87. The molecule has 1 saturated heterocycles. The largest absolute Gasteiger partial charge is 0.492 e. The van der Waals surface area contributed by atoms with Crippen molar-refractivity contribution in [2.45, 2.75) is 25.0 Å². The maximum Gasteiger partial charge on any atom is 0.120 e. The second kappa shape index (κ2) is 7.98. The first-order valence-corrected chi connectivity index (χ1v) is 7.87. The minimum absolute atomic E-state index is 0.353. The van der Waals surface area contributed by atoms with Gasteiger partial charge in [0, 0.05) is 37.3 Å². The summed E-state index contributed by atoms with van der Waals surface area (Å²) in [5.41, 5.74) is 5.87. The molecule has 2 N–H and O–H groups in total. The molecular weight excluding hydrogens is 320 g/mol. The van der Waals surface area contributed by atoms with E-state index in [0.29, 0.717) is 25.3 Å². The summed E-state index contributed by atoms with van der Waals surface area (Å²) in [6, 6.07) is 8.33. The number of rotatable bonds is 6. The highest BCUT2D eigenvalue weighted by molar-refractivity contribution is 9.10. The first-order valence-electron chi connectivity index (χ1n) is 7.08. The Morgan fingerprint density at radius 3 is 3.00 bits per heavy atom. The van der Waals surface area contributed by atoms with Crippen molar-refractivity contribution in [3.63, 3.8) is 0 Å². The zero-order valence-corrected chi connectivity index (χ0v) is 13.5. The molecule has 5 heteroatoms. The van der Waals surface area contributed by atoms with Crippen LogP contribution in [0, 0.1) is 0 Å². The summed E-state index contributed by atoms with van der Waals surface area (Å²) in [5.74, 6) is 0.899. The Balaban J connectivity index is 1.78. The van der Waals surface area contributed by atoms with Gasteiger partial charge in [0.15, 0.2) is 0 Å². The fourth-order valence-electron chi connectivity index (χ4n) is 2.65. The lowest BCUT2D eigenvalue weighted by Crippen LogP contribution is -2.49. The number of piperidine rings is 1. The third-order valence-corrected chi connectivity index (χ3v) is 4.33. The van der Waals surface area contributed by atoms with Crippen LogP contribution in [0.4, 0.5) is 0 Å². The van der Waals surface area contributed by atoms with Gasteiger partial charge in [-0.3, -0.25) is 4.90 Å². The molecule has 1 aromatic rings. The Labute approximate surface area is 129 Å². The van der Waals surface area contributed by atoms with Crippen molar-refractivity contribution in [3.8, 4) is 5.75 Å². The van der Waals surface area contributed by atoms with Crippen molar-refractivity contribution in [2.24, 2.45) is 5.73 Å². The third kappa shape index (κ3) is 4.45. The van der Waals surface area contributed by atoms with E-state index in [1.165, 1.54) is 0 Å². The fraction of sp³-hybridized carbons (Fsp3) is 0.600. The molecule has 0 spiro atoms. The lowest BCUT2D eigenvalue weighted by Gasteiger charge is -2.38. The van der Waals surface area contributed by atoms with Crippen LogP contribution in [0.2, 0.25) is 0 Å². The molecule has 1 aliphatic heterocycles. The van der Waals surface area contributed by atoms with Crippen molar-refractivity contribution < 1.29 is 9.47 Å². The molecule has 0 bridgehead atoms. The van der Waals surface area contributed by atoms with E-state index in [1.807, 2.05) is 24.3 Å². The van der Waals surface area contributed by atoms with Crippen LogP contribution in [0.5, 0.6) is 5.75 Å². The van der Waals surface area contributed by atoms with Crippen molar-refractivity contribution in [1.82, 2.24) is 4.90 Å². The number of halogens is 1. The molecule has 112 valence electrons. The molecule has 0 amide bonds. The van der Waals surface area contributed by atoms with Crippen LogP contribution in [0.15, 0.2) is 28.7 Å². The van der Waals surface area contributed by atoms with Crippen LogP contribution >= 0.6 is 15.9 Å². The van der Waals surface area contributed by atoms with E-state index in [1.54, 1.807) is 7.11 Å². The van der Waals surface area contributed by atoms with Crippen LogP contribution in [-0.2, 0) is 4.74 Å². The first-order chi connectivity index (χ1) is 9.72. The standard InChI is InChI=1S/C15H23BrN2O2/c1-19-14-5-6-18(13(10-14)11-17)7-8-20-15-4-2-3-12(16)9-15/h2-4,9,13-14H,5-8,10-11,17H2,1H3. The molecule has 1 aromatic carbocycles. The predicted octanol–water partition coefficient (Wildman–Crippen LogP) is 2.27. The van der Waals surface area contributed by atoms with Gasteiger partial charge in [0.25, 0.3) is 0 Å². The summed E-state index contributed by atoms with van der Waals surface area (Å²) >= 11 is 3.45. The molecule has 1 aliphatic rings. The number of ether oxygens (including phenoxy) is 2. The average Bonchev–Trinajstić information content (AvgIpc) is 2.47. The monoisotopic (exact) mass is 342 g/mol. The van der Waals surface area contributed by atoms with Gasteiger partial charge in [0.05, 0.1) is 6.10 Å². The van der Waals surface area contributed by atoms with Crippen LogP contribution in [0.3, 0.4) is 0 Å². The SMILES string of the molecule is COC1CCN(CCOc2cccc(Br)c2)C(CN)C1. The Morgan fingerprint density at radius 1 is 1.45 bits per heavy atom. The molecule has 0 aliphatic carbocycles. The van der Waals surface area contributed by atoms with Gasteiger partial charge in [-0.25, -0.2) is 0 Å². The van der Waals surface area contributed by atoms with Crippen molar-refractivity contribution >= 4 is 15.9 Å². The van der Waals surface area contributed by atoms with E-state index < -0.39 is 0 Å². The molecule has 0 radical (unpaired) electrons. The molecule has 0 aromatic heterocycles. The Morgan fingerprint density at radius 2 is 2.30 bits per heavy atom. The molecule has 20 heavy (non-hydrogen) atoms. The summed E-state index contributed by atoms with van der Waals surface area (Å²) in [5, 5.41) is 0. The van der Waals surface area contributed by atoms with Crippen LogP contribution in [0.25, 0.3) is 0 Å². The van der Waals surface area contributed by atoms with Crippen LogP contribution in [-0.4, -0.2) is 50.4 Å². The minimum atomic E-state index is 0.353. The number of benzene rings is 1. The van der Waals surface area contributed by atoms with Crippen molar-refractivity contribution in [2.75, 3.05) is 33.4 Å².